The van der Waals surface area contributed by atoms with E-state index in [2.05, 4.69) is 54.8 Å². The molecule has 5 nitrogen and oxygen atoms in total. The third-order valence-electron chi connectivity index (χ3n) is 2.45. The first-order valence-electron chi connectivity index (χ1n) is 5.76. The number of halogens is 1. The van der Waals surface area contributed by atoms with Crippen LogP contribution in [0.15, 0.2) is 18.6 Å². The third kappa shape index (κ3) is 2.74. The molecule has 6 heteroatoms. The molecule has 0 fully saturated rings. The first kappa shape index (κ1) is 13.1. The van der Waals surface area contributed by atoms with Gasteiger partial charge in [0.2, 0.25) is 0 Å². The number of nitrogens with zero attached hydrogens (tertiary/aromatic N) is 4. The summed E-state index contributed by atoms with van der Waals surface area (Å²) in [6, 6.07) is 1.82. The fourth-order valence-corrected chi connectivity index (χ4v) is 2.38. The minimum atomic E-state index is 0.644. The summed E-state index contributed by atoms with van der Waals surface area (Å²) in [5.41, 5.74) is 1.81. The van der Waals surface area contributed by atoms with Crippen molar-refractivity contribution in [3.8, 4) is 11.5 Å². The van der Waals surface area contributed by atoms with Crippen LogP contribution in [0.1, 0.15) is 19.0 Å². The molecule has 0 aliphatic heterocycles. The van der Waals surface area contributed by atoms with Crippen LogP contribution in [-0.2, 0) is 6.42 Å². The summed E-state index contributed by atoms with van der Waals surface area (Å²) in [7, 11) is 1.87. The molecular formula is C12H14IN5. The van der Waals surface area contributed by atoms with E-state index in [-0.39, 0.29) is 0 Å². The maximum absolute atomic E-state index is 4.59. The summed E-state index contributed by atoms with van der Waals surface area (Å²) in [5, 5.41) is 3.10. The zero-order valence-electron chi connectivity index (χ0n) is 10.3. The molecule has 0 aliphatic carbocycles. The van der Waals surface area contributed by atoms with Crippen molar-refractivity contribution in [2.45, 2.75) is 19.8 Å². The van der Waals surface area contributed by atoms with E-state index in [0.717, 1.165) is 33.6 Å². The van der Waals surface area contributed by atoms with Gasteiger partial charge in [-0.3, -0.25) is 0 Å². The number of aromatic nitrogens is 4. The normalized spacial score (nSPS) is 10.4. The van der Waals surface area contributed by atoms with Crippen molar-refractivity contribution in [1.82, 2.24) is 19.9 Å². The fraction of sp³-hybridized carbons (Fsp3) is 0.333. The van der Waals surface area contributed by atoms with Crippen LogP contribution in [0.3, 0.4) is 0 Å². The van der Waals surface area contributed by atoms with Crippen molar-refractivity contribution < 1.29 is 0 Å². The molecule has 0 amide bonds. The molecule has 0 spiro atoms. The Balaban J connectivity index is 2.52. The van der Waals surface area contributed by atoms with Crippen molar-refractivity contribution in [3.05, 3.63) is 27.9 Å². The molecule has 0 aromatic carbocycles. The molecule has 2 heterocycles. The zero-order valence-corrected chi connectivity index (χ0v) is 12.5. The Morgan fingerprint density at radius 2 is 2.17 bits per heavy atom. The van der Waals surface area contributed by atoms with Gasteiger partial charge < -0.3 is 5.32 Å². The first-order chi connectivity index (χ1) is 8.76. The first-order valence-corrected chi connectivity index (χ1v) is 6.84. The number of aryl methyl sites for hydroxylation is 1. The highest BCUT2D eigenvalue weighted by molar-refractivity contribution is 14.1. The van der Waals surface area contributed by atoms with Gasteiger partial charge in [-0.15, -0.1) is 0 Å². The largest absolute Gasteiger partial charge is 0.372 e. The molecule has 1 N–H and O–H groups in total. The molecule has 0 aliphatic rings. The van der Waals surface area contributed by atoms with E-state index in [1.54, 1.807) is 6.20 Å². The van der Waals surface area contributed by atoms with Crippen LogP contribution in [0.2, 0.25) is 0 Å². The Morgan fingerprint density at radius 1 is 1.33 bits per heavy atom. The summed E-state index contributed by atoms with van der Waals surface area (Å²) < 4.78 is 1.08. The lowest BCUT2D eigenvalue weighted by Gasteiger charge is -2.10. The van der Waals surface area contributed by atoms with Crippen LogP contribution in [0.4, 0.5) is 5.82 Å². The summed E-state index contributed by atoms with van der Waals surface area (Å²) in [6.07, 6.45) is 5.20. The molecule has 2 aromatic heterocycles. The van der Waals surface area contributed by atoms with Gasteiger partial charge >= 0.3 is 0 Å². The highest BCUT2D eigenvalue weighted by Crippen LogP contribution is 2.23. The summed E-state index contributed by atoms with van der Waals surface area (Å²) in [4.78, 5) is 17.2. The molecule has 0 bridgehead atoms. The number of hydrogen-bond donors (Lipinski definition) is 1. The van der Waals surface area contributed by atoms with Crippen LogP contribution in [0.25, 0.3) is 11.5 Å². The average Bonchev–Trinajstić information content (AvgIpc) is 2.42. The summed E-state index contributed by atoms with van der Waals surface area (Å²) in [5.74, 6) is 1.49. The fourth-order valence-electron chi connectivity index (χ4n) is 1.60. The van der Waals surface area contributed by atoms with Crippen molar-refractivity contribution in [2.24, 2.45) is 0 Å². The Bertz CT molecular complexity index is 529. The standard InChI is InChI=1S/C12H14IN5/c1-3-4-8-10(13)12(14-2)18-11(17-8)9-5-6-15-7-16-9/h5-7H,3-4H2,1-2H3,(H,14,17,18). The van der Waals surface area contributed by atoms with E-state index in [9.17, 15) is 0 Å². The van der Waals surface area contributed by atoms with E-state index in [1.165, 1.54) is 6.33 Å². The van der Waals surface area contributed by atoms with Gasteiger partial charge in [-0.1, -0.05) is 13.3 Å². The van der Waals surface area contributed by atoms with Gasteiger partial charge in [0.1, 0.15) is 17.8 Å². The van der Waals surface area contributed by atoms with E-state index >= 15 is 0 Å². The molecular weight excluding hydrogens is 341 g/mol. The quantitative estimate of drug-likeness (QED) is 0.854. The van der Waals surface area contributed by atoms with Gasteiger partial charge in [0.05, 0.1) is 9.26 Å². The van der Waals surface area contributed by atoms with E-state index < -0.39 is 0 Å². The highest BCUT2D eigenvalue weighted by atomic mass is 127. The molecule has 0 saturated heterocycles. The summed E-state index contributed by atoms with van der Waals surface area (Å²) in [6.45, 7) is 2.14. The smallest absolute Gasteiger partial charge is 0.180 e. The molecule has 2 aromatic rings. The molecule has 0 saturated carbocycles. The predicted molar refractivity (Wildman–Crippen MR) is 79.3 cm³/mol. The Morgan fingerprint density at radius 3 is 2.78 bits per heavy atom. The molecule has 0 unspecified atom stereocenters. The lowest BCUT2D eigenvalue weighted by molar-refractivity contribution is 0.866. The van der Waals surface area contributed by atoms with Gasteiger partial charge in [0, 0.05) is 13.2 Å². The van der Waals surface area contributed by atoms with E-state index in [4.69, 9.17) is 0 Å². The number of rotatable bonds is 4. The molecule has 18 heavy (non-hydrogen) atoms. The second-order valence-corrected chi connectivity index (χ2v) is 4.83. The third-order valence-corrected chi connectivity index (χ3v) is 3.59. The Labute approximate surface area is 120 Å². The van der Waals surface area contributed by atoms with Gasteiger partial charge in [0.25, 0.3) is 0 Å². The Hall–Kier alpha value is -1.31. The van der Waals surface area contributed by atoms with Crippen molar-refractivity contribution in [1.29, 1.82) is 0 Å². The average molecular weight is 355 g/mol. The van der Waals surface area contributed by atoms with Crippen molar-refractivity contribution in [3.63, 3.8) is 0 Å². The minimum absolute atomic E-state index is 0.644. The van der Waals surface area contributed by atoms with Crippen LogP contribution in [0, 0.1) is 3.57 Å². The lowest BCUT2D eigenvalue weighted by Crippen LogP contribution is -2.06. The lowest BCUT2D eigenvalue weighted by atomic mass is 10.2. The molecule has 0 radical (unpaired) electrons. The van der Waals surface area contributed by atoms with Gasteiger partial charge in [-0.2, -0.15) is 0 Å². The van der Waals surface area contributed by atoms with Crippen LogP contribution >= 0.6 is 22.6 Å². The van der Waals surface area contributed by atoms with E-state index in [0.29, 0.717) is 5.82 Å². The molecule has 94 valence electrons. The number of hydrogen-bond acceptors (Lipinski definition) is 5. The molecule has 0 atom stereocenters. The topological polar surface area (TPSA) is 63.6 Å². The van der Waals surface area contributed by atoms with Crippen LogP contribution < -0.4 is 5.32 Å². The zero-order chi connectivity index (χ0) is 13.0. The van der Waals surface area contributed by atoms with E-state index in [1.807, 2.05) is 13.1 Å². The van der Waals surface area contributed by atoms with Gasteiger partial charge in [-0.25, -0.2) is 19.9 Å². The highest BCUT2D eigenvalue weighted by Gasteiger charge is 2.12. The Kier molecular flexibility index (Phi) is 4.40. The monoisotopic (exact) mass is 355 g/mol. The predicted octanol–water partition coefficient (Wildman–Crippen LogP) is 2.53. The van der Waals surface area contributed by atoms with Gasteiger partial charge in [-0.05, 0) is 35.1 Å². The van der Waals surface area contributed by atoms with Gasteiger partial charge in [0.15, 0.2) is 5.82 Å². The second kappa shape index (κ2) is 6.03. The van der Waals surface area contributed by atoms with Crippen molar-refractivity contribution in [2.75, 3.05) is 12.4 Å². The molecule has 2 rings (SSSR count). The van der Waals surface area contributed by atoms with Crippen LogP contribution in [0.5, 0.6) is 0 Å². The summed E-state index contributed by atoms with van der Waals surface area (Å²) >= 11 is 2.28. The SMILES string of the molecule is CCCc1nc(-c2ccncn2)nc(NC)c1I. The number of nitrogens with one attached hydrogen (secondary N) is 1. The minimum Gasteiger partial charge on any atom is -0.372 e. The maximum Gasteiger partial charge on any atom is 0.180 e. The maximum atomic E-state index is 4.59. The van der Waals surface area contributed by atoms with Crippen LogP contribution in [-0.4, -0.2) is 27.0 Å². The van der Waals surface area contributed by atoms with Crippen molar-refractivity contribution >= 4 is 28.4 Å². The number of anilines is 1. The second-order valence-electron chi connectivity index (χ2n) is 3.75.